The summed E-state index contributed by atoms with van der Waals surface area (Å²) in [4.78, 5) is 16.5. The first kappa shape index (κ1) is 15.3. The van der Waals surface area contributed by atoms with Crippen molar-refractivity contribution in [3.63, 3.8) is 0 Å². The molecule has 0 aliphatic carbocycles. The van der Waals surface area contributed by atoms with Crippen LogP contribution in [0, 0.1) is 0 Å². The molecule has 2 aromatic rings. The van der Waals surface area contributed by atoms with Crippen molar-refractivity contribution in [2.45, 2.75) is 6.54 Å². The lowest BCUT2D eigenvalue weighted by Gasteiger charge is -2.19. The van der Waals surface area contributed by atoms with Crippen molar-refractivity contribution in [2.75, 3.05) is 13.2 Å². The summed E-state index contributed by atoms with van der Waals surface area (Å²) in [6.07, 6.45) is 2.34. The van der Waals surface area contributed by atoms with Gasteiger partial charge < -0.3 is 14.7 Å². The molecule has 2 rings (SSSR count). The van der Waals surface area contributed by atoms with Crippen molar-refractivity contribution in [2.24, 2.45) is 0 Å². The average Bonchev–Trinajstić information content (AvgIpc) is 2.49. The predicted octanol–water partition coefficient (Wildman–Crippen LogP) is 3.40. The molecule has 1 N–H and O–H groups in total. The molecule has 21 heavy (non-hydrogen) atoms. The molecule has 1 heterocycles. The minimum absolute atomic E-state index is 0.283. The highest BCUT2D eigenvalue weighted by molar-refractivity contribution is 9.10. The summed E-state index contributed by atoms with van der Waals surface area (Å²) in [5.74, 6) is 0.698. The Labute approximate surface area is 131 Å². The lowest BCUT2D eigenvalue weighted by atomic mass is 10.3. The Morgan fingerprint density at radius 2 is 2.10 bits per heavy atom. The Kier molecular flexibility index (Phi) is 5.57. The van der Waals surface area contributed by atoms with E-state index in [0.29, 0.717) is 12.3 Å². The average molecular weight is 351 g/mol. The van der Waals surface area contributed by atoms with Gasteiger partial charge >= 0.3 is 6.09 Å². The van der Waals surface area contributed by atoms with Gasteiger partial charge in [0.15, 0.2) is 0 Å². The topological polar surface area (TPSA) is 62.7 Å². The van der Waals surface area contributed by atoms with E-state index in [9.17, 15) is 9.90 Å². The van der Waals surface area contributed by atoms with E-state index < -0.39 is 6.09 Å². The Balaban J connectivity index is 1.89. The summed E-state index contributed by atoms with van der Waals surface area (Å²) in [5.41, 5.74) is 0.848. The summed E-state index contributed by atoms with van der Waals surface area (Å²) in [6.45, 7) is 0.864. The van der Waals surface area contributed by atoms with Crippen molar-refractivity contribution in [3.05, 3.63) is 58.8 Å². The maximum absolute atomic E-state index is 11.3. The maximum Gasteiger partial charge on any atom is 0.407 e. The molecule has 0 fully saturated rings. The standard InChI is InChI=1S/C15H15BrN2O3/c16-13-5-1-2-6-14(13)21-9-8-18(15(19)20)11-12-4-3-7-17-10-12/h1-7,10H,8-9,11H2,(H,19,20). The van der Waals surface area contributed by atoms with Crippen LogP contribution in [0.3, 0.4) is 0 Å². The highest BCUT2D eigenvalue weighted by atomic mass is 79.9. The Bertz CT molecular complexity index is 592. The van der Waals surface area contributed by atoms with Gasteiger partial charge in [-0.25, -0.2) is 4.79 Å². The molecular formula is C15H15BrN2O3. The van der Waals surface area contributed by atoms with Crippen LogP contribution in [0.15, 0.2) is 53.3 Å². The van der Waals surface area contributed by atoms with Crippen LogP contribution >= 0.6 is 15.9 Å². The third-order valence-electron chi connectivity index (χ3n) is 2.82. The second kappa shape index (κ2) is 7.64. The van der Waals surface area contributed by atoms with E-state index in [4.69, 9.17) is 4.74 Å². The van der Waals surface area contributed by atoms with Gasteiger partial charge in [-0.15, -0.1) is 0 Å². The number of nitrogens with zero attached hydrogens (tertiary/aromatic N) is 2. The Hall–Kier alpha value is -2.08. The first-order chi connectivity index (χ1) is 10.2. The number of rotatable bonds is 6. The van der Waals surface area contributed by atoms with Gasteiger partial charge in [0.1, 0.15) is 12.4 Å². The van der Waals surface area contributed by atoms with Crippen molar-refractivity contribution >= 4 is 22.0 Å². The van der Waals surface area contributed by atoms with Crippen LogP contribution in [-0.4, -0.2) is 34.2 Å². The molecule has 0 bridgehead atoms. The summed E-state index contributed by atoms with van der Waals surface area (Å²) in [7, 11) is 0. The SMILES string of the molecule is O=C(O)N(CCOc1ccccc1Br)Cc1cccnc1. The molecule has 1 aromatic heterocycles. The highest BCUT2D eigenvalue weighted by Gasteiger charge is 2.12. The third-order valence-corrected chi connectivity index (χ3v) is 3.48. The van der Waals surface area contributed by atoms with Crippen LogP contribution in [0.4, 0.5) is 4.79 Å². The van der Waals surface area contributed by atoms with E-state index >= 15 is 0 Å². The quantitative estimate of drug-likeness (QED) is 0.867. The van der Waals surface area contributed by atoms with E-state index in [1.54, 1.807) is 18.5 Å². The number of ether oxygens (including phenoxy) is 1. The van der Waals surface area contributed by atoms with Gasteiger partial charge in [-0.1, -0.05) is 18.2 Å². The number of aromatic nitrogens is 1. The lowest BCUT2D eigenvalue weighted by molar-refractivity contribution is 0.132. The first-order valence-electron chi connectivity index (χ1n) is 6.41. The number of hydrogen-bond acceptors (Lipinski definition) is 3. The number of amides is 1. The molecule has 1 aromatic carbocycles. The van der Waals surface area contributed by atoms with Crippen LogP contribution in [-0.2, 0) is 6.54 Å². The number of pyridine rings is 1. The fourth-order valence-corrected chi connectivity index (χ4v) is 2.18. The van der Waals surface area contributed by atoms with E-state index in [2.05, 4.69) is 20.9 Å². The number of hydrogen-bond donors (Lipinski definition) is 1. The lowest BCUT2D eigenvalue weighted by Crippen LogP contribution is -2.32. The predicted molar refractivity (Wildman–Crippen MR) is 82.3 cm³/mol. The number of carbonyl (C=O) groups is 1. The smallest absolute Gasteiger partial charge is 0.407 e. The Morgan fingerprint density at radius 1 is 1.29 bits per heavy atom. The maximum atomic E-state index is 11.3. The molecule has 0 aliphatic heterocycles. The van der Waals surface area contributed by atoms with Crippen LogP contribution in [0.5, 0.6) is 5.75 Å². The molecular weight excluding hydrogens is 336 g/mol. The van der Waals surface area contributed by atoms with Crippen molar-refractivity contribution in [3.8, 4) is 5.75 Å². The molecule has 0 aliphatic rings. The molecule has 110 valence electrons. The van der Waals surface area contributed by atoms with Crippen LogP contribution in [0.25, 0.3) is 0 Å². The minimum Gasteiger partial charge on any atom is -0.491 e. The molecule has 5 nitrogen and oxygen atoms in total. The molecule has 0 radical (unpaired) electrons. The second-order valence-electron chi connectivity index (χ2n) is 4.34. The van der Waals surface area contributed by atoms with Gasteiger partial charge in [0.2, 0.25) is 0 Å². The second-order valence-corrected chi connectivity index (χ2v) is 5.20. The molecule has 0 unspecified atom stereocenters. The van der Waals surface area contributed by atoms with Gasteiger partial charge in [-0.05, 0) is 39.7 Å². The number of para-hydroxylation sites is 1. The Morgan fingerprint density at radius 3 is 2.76 bits per heavy atom. The van der Waals surface area contributed by atoms with Crippen molar-refractivity contribution < 1.29 is 14.6 Å². The monoisotopic (exact) mass is 350 g/mol. The van der Waals surface area contributed by atoms with Crippen LogP contribution in [0.2, 0.25) is 0 Å². The zero-order valence-corrected chi connectivity index (χ0v) is 12.9. The molecule has 0 saturated heterocycles. The summed E-state index contributed by atoms with van der Waals surface area (Å²) in [5, 5.41) is 9.23. The highest BCUT2D eigenvalue weighted by Crippen LogP contribution is 2.23. The molecule has 0 saturated carbocycles. The zero-order valence-electron chi connectivity index (χ0n) is 11.3. The largest absolute Gasteiger partial charge is 0.491 e. The zero-order chi connectivity index (χ0) is 15.1. The minimum atomic E-state index is -0.977. The van der Waals surface area contributed by atoms with E-state index in [0.717, 1.165) is 10.0 Å². The van der Waals surface area contributed by atoms with Gasteiger partial charge in [0, 0.05) is 12.4 Å². The molecule has 0 atom stereocenters. The molecule has 0 spiro atoms. The number of halogens is 1. The number of carboxylic acid groups (broad SMARTS) is 1. The third kappa shape index (κ3) is 4.75. The summed E-state index contributed by atoms with van der Waals surface area (Å²) in [6, 6.07) is 11.1. The summed E-state index contributed by atoms with van der Waals surface area (Å²) >= 11 is 3.38. The van der Waals surface area contributed by atoms with Crippen LogP contribution in [0.1, 0.15) is 5.56 Å². The van der Waals surface area contributed by atoms with Gasteiger partial charge in [-0.2, -0.15) is 0 Å². The van der Waals surface area contributed by atoms with E-state index in [1.165, 1.54) is 4.90 Å². The molecule has 1 amide bonds. The van der Waals surface area contributed by atoms with E-state index in [-0.39, 0.29) is 13.2 Å². The number of benzene rings is 1. The van der Waals surface area contributed by atoms with Crippen molar-refractivity contribution in [1.29, 1.82) is 0 Å². The van der Waals surface area contributed by atoms with E-state index in [1.807, 2.05) is 30.3 Å². The fourth-order valence-electron chi connectivity index (χ4n) is 1.78. The summed E-state index contributed by atoms with van der Waals surface area (Å²) < 4.78 is 6.43. The van der Waals surface area contributed by atoms with Gasteiger partial charge in [0.25, 0.3) is 0 Å². The fraction of sp³-hybridized carbons (Fsp3) is 0.200. The van der Waals surface area contributed by atoms with Gasteiger partial charge in [0.05, 0.1) is 17.6 Å². The van der Waals surface area contributed by atoms with Gasteiger partial charge in [-0.3, -0.25) is 4.98 Å². The molecule has 6 heteroatoms. The van der Waals surface area contributed by atoms with Crippen molar-refractivity contribution in [1.82, 2.24) is 9.88 Å². The first-order valence-corrected chi connectivity index (χ1v) is 7.20. The normalized spacial score (nSPS) is 10.1. The van der Waals surface area contributed by atoms with Crippen LogP contribution < -0.4 is 4.74 Å².